The summed E-state index contributed by atoms with van der Waals surface area (Å²) in [5.41, 5.74) is 2.01. The highest BCUT2D eigenvalue weighted by Crippen LogP contribution is 2.29. The molecule has 0 aliphatic heterocycles. The van der Waals surface area contributed by atoms with Crippen molar-refractivity contribution in [2.75, 3.05) is 27.4 Å². The van der Waals surface area contributed by atoms with Gasteiger partial charge in [0, 0.05) is 18.6 Å². The van der Waals surface area contributed by atoms with Crippen LogP contribution >= 0.6 is 0 Å². The Morgan fingerprint density at radius 2 is 2.00 bits per heavy atom. The van der Waals surface area contributed by atoms with Crippen molar-refractivity contribution in [3.05, 3.63) is 29.8 Å². The number of rotatable bonds is 5. The lowest BCUT2D eigenvalue weighted by Crippen LogP contribution is -2.05. The standard InChI is InChI=1S/C14H17NO3/c1-10-5-4-6-11-12(17-3)9-13(15-14(10)11)18-8-7-16-2/h4-6,9H,7-8H2,1-3H3. The van der Waals surface area contributed by atoms with Gasteiger partial charge in [0.2, 0.25) is 5.88 Å². The number of pyridine rings is 1. The second kappa shape index (κ2) is 5.69. The molecule has 1 heterocycles. The van der Waals surface area contributed by atoms with E-state index in [2.05, 4.69) is 4.98 Å². The van der Waals surface area contributed by atoms with Crippen LogP contribution in [0.2, 0.25) is 0 Å². The van der Waals surface area contributed by atoms with Crippen LogP contribution in [0.25, 0.3) is 10.9 Å². The molecule has 0 N–H and O–H groups in total. The molecule has 0 spiro atoms. The summed E-state index contributed by atoms with van der Waals surface area (Å²) >= 11 is 0. The van der Waals surface area contributed by atoms with Gasteiger partial charge in [-0.2, -0.15) is 0 Å². The average molecular weight is 247 g/mol. The maximum Gasteiger partial charge on any atom is 0.217 e. The Morgan fingerprint density at radius 3 is 2.72 bits per heavy atom. The Balaban J connectivity index is 2.41. The molecule has 2 rings (SSSR count). The highest BCUT2D eigenvalue weighted by molar-refractivity contribution is 5.88. The largest absolute Gasteiger partial charge is 0.496 e. The van der Waals surface area contributed by atoms with Crippen molar-refractivity contribution in [2.24, 2.45) is 0 Å². The number of fused-ring (bicyclic) bond motifs is 1. The molecule has 18 heavy (non-hydrogen) atoms. The van der Waals surface area contributed by atoms with Crippen molar-refractivity contribution in [3.63, 3.8) is 0 Å². The van der Waals surface area contributed by atoms with Crippen LogP contribution in [0.3, 0.4) is 0 Å². The van der Waals surface area contributed by atoms with Gasteiger partial charge in [-0.3, -0.25) is 0 Å². The maximum atomic E-state index is 5.54. The van der Waals surface area contributed by atoms with E-state index >= 15 is 0 Å². The summed E-state index contributed by atoms with van der Waals surface area (Å²) < 4.78 is 15.9. The molecular weight excluding hydrogens is 230 g/mol. The second-order valence-electron chi connectivity index (χ2n) is 3.98. The molecule has 0 aliphatic rings. The second-order valence-corrected chi connectivity index (χ2v) is 3.98. The van der Waals surface area contributed by atoms with Crippen molar-refractivity contribution in [2.45, 2.75) is 6.92 Å². The molecule has 0 saturated heterocycles. The first-order valence-corrected chi connectivity index (χ1v) is 5.82. The number of hydrogen-bond acceptors (Lipinski definition) is 4. The van der Waals surface area contributed by atoms with E-state index in [0.29, 0.717) is 19.1 Å². The minimum atomic E-state index is 0.476. The molecule has 1 aromatic carbocycles. The number of nitrogens with zero attached hydrogens (tertiary/aromatic N) is 1. The van der Waals surface area contributed by atoms with Gasteiger partial charge in [0.05, 0.1) is 19.2 Å². The lowest BCUT2D eigenvalue weighted by molar-refractivity contribution is 0.144. The number of benzene rings is 1. The highest BCUT2D eigenvalue weighted by Gasteiger charge is 2.08. The minimum Gasteiger partial charge on any atom is -0.496 e. The van der Waals surface area contributed by atoms with Crippen molar-refractivity contribution >= 4 is 10.9 Å². The summed E-state index contributed by atoms with van der Waals surface area (Å²) in [6.45, 7) is 3.04. The van der Waals surface area contributed by atoms with E-state index in [1.165, 1.54) is 0 Å². The fourth-order valence-corrected chi connectivity index (χ4v) is 1.81. The first-order chi connectivity index (χ1) is 8.76. The topological polar surface area (TPSA) is 40.6 Å². The van der Waals surface area contributed by atoms with Gasteiger partial charge in [-0.1, -0.05) is 12.1 Å². The Kier molecular flexibility index (Phi) is 3.99. The van der Waals surface area contributed by atoms with Gasteiger partial charge in [0.25, 0.3) is 0 Å². The van der Waals surface area contributed by atoms with E-state index in [0.717, 1.165) is 22.2 Å². The third-order valence-electron chi connectivity index (χ3n) is 2.74. The lowest BCUT2D eigenvalue weighted by Gasteiger charge is -2.10. The minimum absolute atomic E-state index is 0.476. The van der Waals surface area contributed by atoms with Crippen molar-refractivity contribution in [1.82, 2.24) is 4.98 Å². The summed E-state index contributed by atoms with van der Waals surface area (Å²) in [6, 6.07) is 7.81. The summed E-state index contributed by atoms with van der Waals surface area (Å²) in [5, 5.41) is 0.997. The van der Waals surface area contributed by atoms with E-state index in [-0.39, 0.29) is 0 Å². The molecule has 96 valence electrons. The molecule has 0 radical (unpaired) electrons. The molecule has 0 amide bonds. The summed E-state index contributed by atoms with van der Waals surface area (Å²) in [5.74, 6) is 1.34. The molecule has 0 unspecified atom stereocenters. The Morgan fingerprint density at radius 1 is 1.17 bits per heavy atom. The van der Waals surface area contributed by atoms with Crippen LogP contribution in [0.1, 0.15) is 5.56 Å². The summed E-state index contributed by atoms with van der Waals surface area (Å²) in [7, 11) is 3.29. The first-order valence-electron chi connectivity index (χ1n) is 5.82. The molecule has 0 aliphatic carbocycles. The molecule has 1 aromatic heterocycles. The van der Waals surface area contributed by atoms with E-state index in [1.807, 2.05) is 25.1 Å². The van der Waals surface area contributed by atoms with Crippen LogP contribution in [-0.2, 0) is 4.74 Å². The Hall–Kier alpha value is -1.81. The molecular formula is C14H17NO3. The van der Waals surface area contributed by atoms with Gasteiger partial charge in [-0.25, -0.2) is 4.98 Å². The van der Waals surface area contributed by atoms with Gasteiger partial charge in [-0.15, -0.1) is 0 Å². The highest BCUT2D eigenvalue weighted by atomic mass is 16.5. The fraction of sp³-hybridized carbons (Fsp3) is 0.357. The molecule has 4 heteroatoms. The zero-order valence-corrected chi connectivity index (χ0v) is 10.9. The zero-order valence-electron chi connectivity index (χ0n) is 10.9. The smallest absolute Gasteiger partial charge is 0.217 e. The number of methoxy groups -OCH3 is 2. The van der Waals surface area contributed by atoms with Crippen LogP contribution in [0, 0.1) is 6.92 Å². The number of para-hydroxylation sites is 1. The van der Waals surface area contributed by atoms with Crippen molar-refractivity contribution in [1.29, 1.82) is 0 Å². The fourth-order valence-electron chi connectivity index (χ4n) is 1.81. The van der Waals surface area contributed by atoms with E-state index in [1.54, 1.807) is 20.3 Å². The normalized spacial score (nSPS) is 10.6. The maximum absolute atomic E-state index is 5.54. The monoisotopic (exact) mass is 247 g/mol. The van der Waals surface area contributed by atoms with Gasteiger partial charge >= 0.3 is 0 Å². The lowest BCUT2D eigenvalue weighted by atomic mass is 10.1. The van der Waals surface area contributed by atoms with Crippen LogP contribution in [0.4, 0.5) is 0 Å². The Labute approximate surface area is 106 Å². The van der Waals surface area contributed by atoms with E-state index < -0.39 is 0 Å². The third-order valence-corrected chi connectivity index (χ3v) is 2.74. The average Bonchev–Trinajstić information content (AvgIpc) is 2.39. The number of ether oxygens (including phenoxy) is 3. The van der Waals surface area contributed by atoms with E-state index in [4.69, 9.17) is 14.2 Å². The van der Waals surface area contributed by atoms with Gasteiger partial charge < -0.3 is 14.2 Å². The molecule has 0 fully saturated rings. The van der Waals surface area contributed by atoms with Gasteiger partial charge in [0.15, 0.2) is 0 Å². The van der Waals surface area contributed by atoms with Crippen LogP contribution < -0.4 is 9.47 Å². The third kappa shape index (κ3) is 2.54. The molecule has 0 atom stereocenters. The first kappa shape index (κ1) is 12.6. The van der Waals surface area contributed by atoms with Crippen LogP contribution in [0.15, 0.2) is 24.3 Å². The molecule has 4 nitrogen and oxygen atoms in total. The predicted octanol–water partition coefficient (Wildman–Crippen LogP) is 2.58. The number of aromatic nitrogens is 1. The summed E-state index contributed by atoms with van der Waals surface area (Å²) in [4.78, 5) is 4.50. The molecule has 2 aromatic rings. The van der Waals surface area contributed by atoms with Gasteiger partial charge in [0.1, 0.15) is 12.4 Å². The van der Waals surface area contributed by atoms with Crippen LogP contribution in [0.5, 0.6) is 11.6 Å². The molecule has 0 bridgehead atoms. The number of aryl methyl sites for hydroxylation is 1. The predicted molar refractivity (Wildman–Crippen MR) is 70.4 cm³/mol. The van der Waals surface area contributed by atoms with Crippen LogP contribution in [-0.4, -0.2) is 32.4 Å². The quantitative estimate of drug-likeness (QED) is 0.761. The van der Waals surface area contributed by atoms with Crippen molar-refractivity contribution in [3.8, 4) is 11.6 Å². The summed E-state index contributed by atoms with van der Waals surface area (Å²) in [6.07, 6.45) is 0. The number of hydrogen-bond donors (Lipinski definition) is 0. The SMILES string of the molecule is COCCOc1cc(OC)c2cccc(C)c2n1. The zero-order chi connectivity index (χ0) is 13.0. The van der Waals surface area contributed by atoms with Gasteiger partial charge in [-0.05, 0) is 18.6 Å². The molecule has 0 saturated carbocycles. The van der Waals surface area contributed by atoms with Crippen molar-refractivity contribution < 1.29 is 14.2 Å². The Bertz CT molecular complexity index is 540. The van der Waals surface area contributed by atoms with E-state index in [9.17, 15) is 0 Å².